The molecular formula is C15H21NO3. The molecule has 1 aliphatic carbocycles. The van der Waals surface area contributed by atoms with Crippen LogP contribution in [-0.4, -0.2) is 24.2 Å². The molecule has 4 nitrogen and oxygen atoms in total. The number of phenols is 1. The van der Waals surface area contributed by atoms with Crippen LogP contribution in [0.5, 0.6) is 11.5 Å². The zero-order valence-electron chi connectivity index (χ0n) is 11.7. The van der Waals surface area contributed by atoms with Crippen molar-refractivity contribution in [3.05, 3.63) is 23.8 Å². The number of rotatable bonds is 3. The van der Waals surface area contributed by atoms with Gasteiger partial charge in [-0.2, -0.15) is 0 Å². The molecule has 1 fully saturated rings. The van der Waals surface area contributed by atoms with Crippen molar-refractivity contribution in [1.82, 2.24) is 5.32 Å². The van der Waals surface area contributed by atoms with Crippen LogP contribution in [0.3, 0.4) is 0 Å². The van der Waals surface area contributed by atoms with Crippen molar-refractivity contribution in [2.75, 3.05) is 7.11 Å². The molecule has 0 bridgehead atoms. The first kappa shape index (κ1) is 13.7. The summed E-state index contributed by atoms with van der Waals surface area (Å²) in [6, 6.07) is 4.91. The van der Waals surface area contributed by atoms with Crippen LogP contribution in [0.15, 0.2) is 18.2 Å². The number of hydrogen-bond donors (Lipinski definition) is 2. The molecule has 2 rings (SSSR count). The summed E-state index contributed by atoms with van der Waals surface area (Å²) in [5, 5.41) is 12.8. The van der Waals surface area contributed by atoms with E-state index in [1.807, 2.05) is 0 Å². The van der Waals surface area contributed by atoms with Gasteiger partial charge in [-0.1, -0.05) is 13.8 Å². The van der Waals surface area contributed by atoms with Crippen LogP contribution in [0, 0.1) is 5.41 Å². The lowest BCUT2D eigenvalue weighted by Gasteiger charge is -2.18. The largest absolute Gasteiger partial charge is 0.507 e. The van der Waals surface area contributed by atoms with Crippen LogP contribution in [0.1, 0.15) is 43.5 Å². The van der Waals surface area contributed by atoms with Crippen LogP contribution in [0.25, 0.3) is 0 Å². The topological polar surface area (TPSA) is 58.6 Å². The molecular weight excluding hydrogens is 242 g/mol. The molecule has 2 N–H and O–H groups in total. The van der Waals surface area contributed by atoms with E-state index in [2.05, 4.69) is 19.2 Å². The monoisotopic (exact) mass is 263 g/mol. The van der Waals surface area contributed by atoms with Gasteiger partial charge in [-0.25, -0.2) is 0 Å². The minimum Gasteiger partial charge on any atom is -0.507 e. The number of carbonyl (C=O) groups is 1. The summed E-state index contributed by atoms with van der Waals surface area (Å²) in [5.41, 5.74) is 0.588. The molecule has 104 valence electrons. The Morgan fingerprint density at radius 1 is 1.47 bits per heavy atom. The highest BCUT2D eigenvalue weighted by atomic mass is 16.5. The van der Waals surface area contributed by atoms with Gasteiger partial charge in [0, 0.05) is 12.1 Å². The predicted octanol–water partition coefficient (Wildman–Crippen LogP) is 2.71. The van der Waals surface area contributed by atoms with E-state index < -0.39 is 0 Å². The molecule has 1 unspecified atom stereocenters. The number of methoxy groups -OCH3 is 1. The maximum Gasteiger partial charge on any atom is 0.255 e. The molecule has 1 amide bonds. The van der Waals surface area contributed by atoms with Gasteiger partial charge in [-0.05, 0) is 36.8 Å². The number of hydrogen-bond acceptors (Lipinski definition) is 3. The number of carbonyl (C=O) groups excluding carboxylic acids is 1. The van der Waals surface area contributed by atoms with Gasteiger partial charge in [0.2, 0.25) is 0 Å². The quantitative estimate of drug-likeness (QED) is 0.881. The highest BCUT2D eigenvalue weighted by molar-refractivity contribution is 5.97. The lowest BCUT2D eigenvalue weighted by molar-refractivity contribution is 0.0933. The van der Waals surface area contributed by atoms with Crippen molar-refractivity contribution in [2.45, 2.75) is 39.2 Å². The summed E-state index contributed by atoms with van der Waals surface area (Å²) in [7, 11) is 1.52. The first-order valence-electron chi connectivity index (χ1n) is 6.59. The molecule has 0 aliphatic heterocycles. The van der Waals surface area contributed by atoms with Gasteiger partial charge in [0.1, 0.15) is 11.5 Å². The summed E-state index contributed by atoms with van der Waals surface area (Å²) in [5.74, 6) is 0.271. The highest BCUT2D eigenvalue weighted by Gasteiger charge is 2.32. The van der Waals surface area contributed by atoms with E-state index in [1.165, 1.54) is 13.2 Å². The third kappa shape index (κ3) is 3.19. The first-order valence-corrected chi connectivity index (χ1v) is 6.59. The maximum absolute atomic E-state index is 12.1. The SMILES string of the molecule is COc1ccc(C(=O)NC2CCC(C)(C)C2)c(O)c1. The van der Waals surface area contributed by atoms with E-state index in [9.17, 15) is 9.90 Å². The maximum atomic E-state index is 12.1. The second-order valence-electron chi connectivity index (χ2n) is 5.96. The number of nitrogens with one attached hydrogen (secondary N) is 1. The van der Waals surface area contributed by atoms with Crippen LogP contribution in [0.2, 0.25) is 0 Å². The van der Waals surface area contributed by atoms with E-state index in [0.29, 0.717) is 16.7 Å². The molecule has 1 aromatic rings. The fraction of sp³-hybridized carbons (Fsp3) is 0.533. The molecule has 1 saturated carbocycles. The van der Waals surface area contributed by atoms with Crippen molar-refractivity contribution in [3.8, 4) is 11.5 Å². The smallest absolute Gasteiger partial charge is 0.255 e. The Labute approximate surface area is 113 Å². The van der Waals surface area contributed by atoms with E-state index in [4.69, 9.17) is 4.74 Å². The minimum absolute atomic E-state index is 0.0471. The highest BCUT2D eigenvalue weighted by Crippen LogP contribution is 2.37. The number of benzene rings is 1. The van der Waals surface area contributed by atoms with E-state index >= 15 is 0 Å². The van der Waals surface area contributed by atoms with Gasteiger partial charge in [-0.3, -0.25) is 4.79 Å². The Balaban J connectivity index is 2.04. The molecule has 0 aromatic heterocycles. The van der Waals surface area contributed by atoms with Gasteiger partial charge >= 0.3 is 0 Å². The van der Waals surface area contributed by atoms with Crippen molar-refractivity contribution in [2.24, 2.45) is 5.41 Å². The Morgan fingerprint density at radius 2 is 2.21 bits per heavy atom. The number of phenolic OH excluding ortho intramolecular Hbond substituents is 1. The zero-order valence-corrected chi connectivity index (χ0v) is 11.7. The van der Waals surface area contributed by atoms with Gasteiger partial charge in [0.25, 0.3) is 5.91 Å². The standard InChI is InChI=1S/C15H21NO3/c1-15(2)7-6-10(9-15)16-14(18)12-5-4-11(19-3)8-13(12)17/h4-5,8,10,17H,6-7,9H2,1-3H3,(H,16,18). The molecule has 1 atom stereocenters. The van der Waals surface area contributed by atoms with Crippen molar-refractivity contribution >= 4 is 5.91 Å². The van der Waals surface area contributed by atoms with E-state index in [0.717, 1.165) is 19.3 Å². The second-order valence-corrected chi connectivity index (χ2v) is 5.96. The molecule has 0 saturated heterocycles. The van der Waals surface area contributed by atoms with Gasteiger partial charge in [-0.15, -0.1) is 0 Å². The number of amides is 1. The van der Waals surface area contributed by atoms with Crippen LogP contribution in [0.4, 0.5) is 0 Å². The minimum atomic E-state index is -0.220. The Kier molecular flexibility index (Phi) is 3.69. The van der Waals surface area contributed by atoms with Crippen molar-refractivity contribution < 1.29 is 14.6 Å². The third-order valence-electron chi connectivity index (χ3n) is 3.75. The molecule has 1 aliphatic rings. The summed E-state index contributed by atoms with van der Waals surface area (Å²) < 4.78 is 5.00. The molecule has 4 heteroatoms. The first-order chi connectivity index (χ1) is 8.91. The number of ether oxygens (including phenoxy) is 1. The molecule has 19 heavy (non-hydrogen) atoms. The van der Waals surface area contributed by atoms with Gasteiger partial charge in [0.15, 0.2) is 0 Å². The summed E-state index contributed by atoms with van der Waals surface area (Å²) in [4.78, 5) is 12.1. The molecule has 0 radical (unpaired) electrons. The second kappa shape index (κ2) is 5.11. The lowest BCUT2D eigenvalue weighted by Crippen LogP contribution is -2.33. The Hall–Kier alpha value is -1.71. The van der Waals surface area contributed by atoms with Gasteiger partial charge < -0.3 is 15.2 Å². The zero-order chi connectivity index (χ0) is 14.0. The Morgan fingerprint density at radius 3 is 2.74 bits per heavy atom. The summed E-state index contributed by atoms with van der Waals surface area (Å²) >= 11 is 0. The average molecular weight is 263 g/mol. The van der Waals surface area contributed by atoms with Crippen LogP contribution < -0.4 is 10.1 Å². The predicted molar refractivity (Wildman–Crippen MR) is 73.5 cm³/mol. The van der Waals surface area contributed by atoms with Crippen molar-refractivity contribution in [3.63, 3.8) is 0 Å². The molecule has 0 spiro atoms. The van der Waals surface area contributed by atoms with Crippen LogP contribution in [-0.2, 0) is 0 Å². The average Bonchev–Trinajstić information content (AvgIpc) is 2.68. The van der Waals surface area contributed by atoms with Crippen molar-refractivity contribution in [1.29, 1.82) is 0 Å². The van der Waals surface area contributed by atoms with Crippen LogP contribution >= 0.6 is 0 Å². The fourth-order valence-corrected chi connectivity index (χ4v) is 2.65. The third-order valence-corrected chi connectivity index (χ3v) is 3.75. The summed E-state index contributed by atoms with van der Waals surface area (Å²) in [6.07, 6.45) is 3.10. The van der Waals surface area contributed by atoms with Gasteiger partial charge in [0.05, 0.1) is 12.7 Å². The normalized spacial score (nSPS) is 21.1. The summed E-state index contributed by atoms with van der Waals surface area (Å²) in [6.45, 7) is 4.42. The van der Waals surface area contributed by atoms with E-state index in [-0.39, 0.29) is 17.7 Å². The molecule has 0 heterocycles. The number of aromatic hydroxyl groups is 1. The Bertz CT molecular complexity index is 482. The fourth-order valence-electron chi connectivity index (χ4n) is 2.65. The lowest BCUT2D eigenvalue weighted by atomic mass is 9.92. The van der Waals surface area contributed by atoms with E-state index in [1.54, 1.807) is 12.1 Å². The molecule has 1 aromatic carbocycles.